The van der Waals surface area contributed by atoms with Gasteiger partial charge in [-0.15, -0.1) is 0 Å². The van der Waals surface area contributed by atoms with Crippen molar-refractivity contribution in [2.75, 3.05) is 66.5 Å². The fraction of sp³-hybridized carbons (Fsp3) is 0.552. The van der Waals surface area contributed by atoms with Crippen LogP contribution in [0.3, 0.4) is 0 Å². The van der Waals surface area contributed by atoms with Gasteiger partial charge >= 0.3 is 6.18 Å². The van der Waals surface area contributed by atoms with E-state index in [1.165, 1.54) is 23.3 Å². The number of nitrogens with zero attached hydrogens (tertiary/aromatic N) is 3. The Hall–Kier alpha value is -2.62. The third-order valence-electron chi connectivity index (χ3n) is 7.33. The number of benzene rings is 2. The van der Waals surface area contributed by atoms with Gasteiger partial charge in [0, 0.05) is 50.9 Å². The van der Waals surface area contributed by atoms with Crippen molar-refractivity contribution in [1.82, 2.24) is 20.0 Å². The average molecular weight is 535 g/mol. The standard InChI is InChI=1S/C29H41F3N4O2/c1-21-22(2)27(38-20-6-13-33-14-15-34(4)5)12-11-26(21)23(3)35-16-18-36(19-17-35)28(37)24-7-9-25(10-8-24)29(30,31)32/h7-12,23,33H,6,13-20H2,1-5H3. The number of halogens is 3. The first-order valence-electron chi connectivity index (χ1n) is 13.3. The van der Waals surface area contributed by atoms with Crippen LogP contribution in [0.1, 0.15) is 52.0 Å². The van der Waals surface area contributed by atoms with Crippen LogP contribution in [0.25, 0.3) is 0 Å². The monoisotopic (exact) mass is 534 g/mol. The molecule has 0 saturated carbocycles. The third kappa shape index (κ3) is 7.94. The van der Waals surface area contributed by atoms with Gasteiger partial charge in [0.25, 0.3) is 5.91 Å². The second-order valence-corrected chi connectivity index (χ2v) is 10.2. The zero-order valence-electron chi connectivity index (χ0n) is 23.2. The Bertz CT molecular complexity index is 1050. The number of ether oxygens (including phenoxy) is 1. The molecule has 1 aliphatic heterocycles. The second kappa shape index (κ2) is 13.4. The Balaban J connectivity index is 1.50. The Morgan fingerprint density at radius 1 is 1.00 bits per heavy atom. The summed E-state index contributed by atoms with van der Waals surface area (Å²) in [6.07, 6.45) is -3.47. The normalized spacial score (nSPS) is 15.7. The van der Waals surface area contributed by atoms with E-state index >= 15 is 0 Å². The minimum Gasteiger partial charge on any atom is -0.493 e. The molecule has 9 heteroatoms. The summed E-state index contributed by atoms with van der Waals surface area (Å²) < 4.78 is 44.5. The van der Waals surface area contributed by atoms with Gasteiger partial charge in [0.05, 0.1) is 12.2 Å². The lowest BCUT2D eigenvalue weighted by atomic mass is 9.96. The summed E-state index contributed by atoms with van der Waals surface area (Å²) in [7, 11) is 4.13. The Labute approximate surface area is 224 Å². The van der Waals surface area contributed by atoms with Gasteiger partial charge in [-0.2, -0.15) is 13.2 Å². The molecule has 6 nitrogen and oxygen atoms in total. The van der Waals surface area contributed by atoms with E-state index in [-0.39, 0.29) is 17.5 Å². The van der Waals surface area contributed by atoms with E-state index in [9.17, 15) is 18.0 Å². The third-order valence-corrected chi connectivity index (χ3v) is 7.33. The molecule has 2 aromatic rings. The van der Waals surface area contributed by atoms with E-state index in [1.54, 1.807) is 4.90 Å². The summed E-state index contributed by atoms with van der Waals surface area (Å²) in [5.74, 6) is 0.686. The second-order valence-electron chi connectivity index (χ2n) is 10.2. The van der Waals surface area contributed by atoms with E-state index in [4.69, 9.17) is 4.74 Å². The van der Waals surface area contributed by atoms with Crippen molar-refractivity contribution in [2.45, 2.75) is 39.4 Å². The predicted octanol–water partition coefficient (Wildman–Crippen LogP) is 4.76. The summed E-state index contributed by atoms with van der Waals surface area (Å²) in [5, 5.41) is 3.42. The van der Waals surface area contributed by atoms with Crippen molar-refractivity contribution in [3.8, 4) is 5.75 Å². The van der Waals surface area contributed by atoms with Crippen molar-refractivity contribution in [3.05, 3.63) is 64.2 Å². The van der Waals surface area contributed by atoms with E-state index in [1.807, 2.05) is 0 Å². The van der Waals surface area contributed by atoms with Gasteiger partial charge in [0.15, 0.2) is 0 Å². The summed E-state index contributed by atoms with van der Waals surface area (Å²) in [5.41, 5.74) is 3.13. The van der Waals surface area contributed by atoms with Crippen LogP contribution < -0.4 is 10.1 Å². The zero-order valence-corrected chi connectivity index (χ0v) is 23.2. The fourth-order valence-corrected chi connectivity index (χ4v) is 4.73. The molecule has 3 rings (SSSR count). The number of carbonyl (C=O) groups excluding carboxylic acids is 1. The molecule has 1 amide bonds. The van der Waals surface area contributed by atoms with Crippen LogP contribution in [0.2, 0.25) is 0 Å². The molecular weight excluding hydrogens is 493 g/mol. The summed E-state index contributed by atoms with van der Waals surface area (Å²) in [6, 6.07) is 8.82. The number of hydrogen-bond donors (Lipinski definition) is 1. The predicted molar refractivity (Wildman–Crippen MR) is 145 cm³/mol. The highest BCUT2D eigenvalue weighted by atomic mass is 19.4. The first-order chi connectivity index (χ1) is 18.0. The Morgan fingerprint density at radius 3 is 2.26 bits per heavy atom. The highest BCUT2D eigenvalue weighted by Crippen LogP contribution is 2.32. The van der Waals surface area contributed by atoms with Gasteiger partial charge in [0.1, 0.15) is 5.75 Å². The topological polar surface area (TPSA) is 48.1 Å². The summed E-state index contributed by atoms with van der Waals surface area (Å²) in [6.45, 7) is 12.4. The first-order valence-corrected chi connectivity index (χ1v) is 13.3. The number of nitrogens with one attached hydrogen (secondary N) is 1. The SMILES string of the molecule is Cc1c(OCCCNCCN(C)C)ccc(C(C)N2CCN(C(=O)c3ccc(C(F)(F)F)cc3)CC2)c1C. The van der Waals surface area contributed by atoms with Gasteiger partial charge in [-0.1, -0.05) is 6.07 Å². The molecule has 210 valence electrons. The Kier molecular flexibility index (Phi) is 10.6. The molecule has 1 atom stereocenters. The van der Waals surface area contributed by atoms with Gasteiger partial charge < -0.3 is 19.9 Å². The van der Waals surface area contributed by atoms with Crippen LogP contribution in [-0.4, -0.2) is 87.1 Å². The van der Waals surface area contributed by atoms with Crippen LogP contribution in [0.15, 0.2) is 36.4 Å². The van der Waals surface area contributed by atoms with Crippen LogP contribution in [-0.2, 0) is 6.18 Å². The molecule has 1 N–H and O–H groups in total. The quantitative estimate of drug-likeness (QED) is 0.422. The van der Waals surface area contributed by atoms with Crippen LogP contribution in [0.4, 0.5) is 13.2 Å². The molecule has 0 bridgehead atoms. The van der Waals surface area contributed by atoms with Crippen molar-refractivity contribution in [2.24, 2.45) is 0 Å². The lowest BCUT2D eigenvalue weighted by Crippen LogP contribution is -2.49. The van der Waals surface area contributed by atoms with Crippen molar-refractivity contribution in [1.29, 1.82) is 0 Å². The smallest absolute Gasteiger partial charge is 0.416 e. The molecule has 0 aliphatic carbocycles. The zero-order chi connectivity index (χ0) is 27.9. The fourth-order valence-electron chi connectivity index (χ4n) is 4.73. The van der Waals surface area contributed by atoms with Gasteiger partial charge in [0.2, 0.25) is 0 Å². The Morgan fingerprint density at radius 2 is 1.66 bits per heavy atom. The molecule has 0 radical (unpaired) electrons. The maximum atomic E-state index is 12.8. The number of likely N-dealkylation sites (N-methyl/N-ethyl adjacent to an activating group) is 1. The number of alkyl halides is 3. The number of piperazine rings is 1. The summed E-state index contributed by atoms with van der Waals surface area (Å²) in [4.78, 5) is 19.1. The first kappa shape index (κ1) is 29.9. The van der Waals surface area contributed by atoms with Gasteiger partial charge in [-0.25, -0.2) is 0 Å². The highest BCUT2D eigenvalue weighted by Gasteiger charge is 2.31. The maximum Gasteiger partial charge on any atom is 0.416 e. The number of amides is 1. The number of carbonyl (C=O) groups is 1. The molecule has 0 spiro atoms. The number of rotatable bonds is 11. The van der Waals surface area contributed by atoms with Crippen molar-refractivity contribution >= 4 is 5.91 Å². The average Bonchev–Trinajstić information content (AvgIpc) is 2.89. The van der Waals surface area contributed by atoms with E-state index in [0.29, 0.717) is 32.8 Å². The largest absolute Gasteiger partial charge is 0.493 e. The van der Waals surface area contributed by atoms with E-state index in [0.717, 1.165) is 49.5 Å². The molecule has 1 heterocycles. The molecule has 38 heavy (non-hydrogen) atoms. The number of hydrogen-bond acceptors (Lipinski definition) is 5. The van der Waals surface area contributed by atoms with Crippen LogP contribution in [0.5, 0.6) is 5.75 Å². The molecule has 0 aromatic heterocycles. The summed E-state index contributed by atoms with van der Waals surface area (Å²) >= 11 is 0. The molecule has 1 fully saturated rings. The van der Waals surface area contributed by atoms with Crippen molar-refractivity contribution < 1.29 is 22.7 Å². The van der Waals surface area contributed by atoms with E-state index < -0.39 is 11.7 Å². The van der Waals surface area contributed by atoms with Crippen molar-refractivity contribution in [3.63, 3.8) is 0 Å². The lowest BCUT2D eigenvalue weighted by molar-refractivity contribution is -0.137. The molecule has 2 aromatic carbocycles. The van der Waals surface area contributed by atoms with Gasteiger partial charge in [-0.05, 0) is 94.9 Å². The molecule has 1 saturated heterocycles. The lowest BCUT2D eigenvalue weighted by Gasteiger charge is -2.39. The minimum absolute atomic E-state index is 0.173. The van der Waals surface area contributed by atoms with Gasteiger partial charge in [-0.3, -0.25) is 9.69 Å². The maximum absolute atomic E-state index is 12.8. The van der Waals surface area contributed by atoms with Crippen LogP contribution in [0, 0.1) is 13.8 Å². The van der Waals surface area contributed by atoms with E-state index in [2.05, 4.69) is 62.1 Å². The van der Waals surface area contributed by atoms with Crippen LogP contribution >= 0.6 is 0 Å². The highest BCUT2D eigenvalue weighted by molar-refractivity contribution is 5.94. The molecular formula is C29H41F3N4O2. The minimum atomic E-state index is -4.41. The molecule has 1 unspecified atom stereocenters. The molecule has 1 aliphatic rings.